The number of aliphatic hydroxyl groups excluding tert-OH is 1. The van der Waals surface area contributed by atoms with Gasteiger partial charge < -0.3 is 10.1 Å². The van der Waals surface area contributed by atoms with Gasteiger partial charge in [-0.25, -0.2) is 9.37 Å². The second-order valence-corrected chi connectivity index (χ2v) is 4.16. The number of benzene rings is 1. The van der Waals surface area contributed by atoms with Crippen LogP contribution in [0.5, 0.6) is 0 Å². The van der Waals surface area contributed by atoms with Crippen LogP contribution < -0.4 is 0 Å². The highest BCUT2D eigenvalue weighted by atomic mass is 19.1. The number of nitrogens with one attached hydrogen (secondary N) is 1. The van der Waals surface area contributed by atoms with E-state index in [9.17, 15) is 4.39 Å². The third kappa shape index (κ3) is 2.45. The molecule has 0 amide bonds. The average molecular weight is 237 g/mol. The zero-order valence-corrected chi connectivity index (χ0v) is 9.94. The van der Waals surface area contributed by atoms with Gasteiger partial charge in [-0.2, -0.15) is 0 Å². The second-order valence-electron chi connectivity index (χ2n) is 4.16. The molecule has 0 spiro atoms. The summed E-state index contributed by atoms with van der Waals surface area (Å²) < 4.78 is 13.0. The van der Waals surface area contributed by atoms with Crippen LogP contribution in [-0.2, 0) is 0 Å². The number of fused-ring (bicyclic) bond motifs is 1. The molecule has 1 atom stereocenters. The summed E-state index contributed by atoms with van der Waals surface area (Å²) in [5, 5.41) is 8.89. The van der Waals surface area contributed by atoms with Gasteiger partial charge in [0.25, 0.3) is 0 Å². The van der Waals surface area contributed by atoms with Gasteiger partial charge in [-0.05, 0) is 32.2 Å². The number of H-pyrrole nitrogens is 1. The van der Waals surface area contributed by atoms with E-state index in [1.54, 1.807) is 6.07 Å². The minimum atomic E-state index is -0.274. The van der Waals surface area contributed by atoms with Gasteiger partial charge in [0.05, 0.1) is 23.7 Å². The molecule has 0 aliphatic rings. The lowest BCUT2D eigenvalue weighted by atomic mass is 10.3. The lowest BCUT2D eigenvalue weighted by Gasteiger charge is -2.21. The number of aromatic nitrogens is 2. The SMILES string of the molecule is CC(c1nc2ccc(F)cc2[nH]1)N(C)CCO. The second kappa shape index (κ2) is 4.81. The first kappa shape index (κ1) is 12.0. The summed E-state index contributed by atoms with van der Waals surface area (Å²) in [4.78, 5) is 9.49. The van der Waals surface area contributed by atoms with Gasteiger partial charge in [0.2, 0.25) is 0 Å². The van der Waals surface area contributed by atoms with Crippen molar-refractivity contribution in [1.29, 1.82) is 0 Å². The molecule has 0 aliphatic carbocycles. The minimum Gasteiger partial charge on any atom is -0.395 e. The van der Waals surface area contributed by atoms with E-state index in [0.717, 1.165) is 11.3 Å². The standard InChI is InChI=1S/C12H16FN3O/c1-8(16(2)5-6-17)12-14-10-4-3-9(13)7-11(10)15-12/h3-4,7-8,17H,5-6H2,1-2H3,(H,14,15). The first-order valence-electron chi connectivity index (χ1n) is 5.58. The Labute approximate surface area is 99.1 Å². The smallest absolute Gasteiger partial charge is 0.125 e. The maximum atomic E-state index is 13.0. The first-order valence-corrected chi connectivity index (χ1v) is 5.58. The van der Waals surface area contributed by atoms with Gasteiger partial charge >= 0.3 is 0 Å². The Morgan fingerprint density at radius 3 is 3.00 bits per heavy atom. The maximum absolute atomic E-state index is 13.0. The molecule has 1 unspecified atom stereocenters. The summed E-state index contributed by atoms with van der Waals surface area (Å²) in [6, 6.07) is 4.54. The van der Waals surface area contributed by atoms with Crippen molar-refractivity contribution < 1.29 is 9.50 Å². The zero-order valence-electron chi connectivity index (χ0n) is 9.94. The van der Waals surface area contributed by atoms with Crippen molar-refractivity contribution >= 4 is 11.0 Å². The van der Waals surface area contributed by atoms with Crippen LogP contribution in [0, 0.1) is 5.82 Å². The summed E-state index contributed by atoms with van der Waals surface area (Å²) in [6.07, 6.45) is 0. The zero-order chi connectivity index (χ0) is 12.4. The van der Waals surface area contributed by atoms with Crippen LogP contribution in [-0.4, -0.2) is 40.2 Å². The van der Waals surface area contributed by atoms with E-state index in [1.165, 1.54) is 12.1 Å². The van der Waals surface area contributed by atoms with Crippen LogP contribution in [0.25, 0.3) is 11.0 Å². The average Bonchev–Trinajstić information content (AvgIpc) is 2.71. The summed E-state index contributed by atoms with van der Waals surface area (Å²) in [7, 11) is 1.91. The molecular weight excluding hydrogens is 221 g/mol. The maximum Gasteiger partial charge on any atom is 0.125 e. The summed E-state index contributed by atoms with van der Waals surface area (Å²) in [5.41, 5.74) is 1.45. The van der Waals surface area contributed by atoms with Gasteiger partial charge in [0.15, 0.2) is 0 Å². The summed E-state index contributed by atoms with van der Waals surface area (Å²) >= 11 is 0. The molecular formula is C12H16FN3O. The van der Waals surface area contributed by atoms with Crippen LogP contribution in [0.1, 0.15) is 18.8 Å². The molecule has 0 bridgehead atoms. The number of nitrogens with zero attached hydrogens (tertiary/aromatic N) is 2. The third-order valence-electron chi connectivity index (χ3n) is 2.97. The monoisotopic (exact) mass is 237 g/mol. The molecule has 1 heterocycles. The quantitative estimate of drug-likeness (QED) is 0.850. The lowest BCUT2D eigenvalue weighted by molar-refractivity contribution is 0.185. The van der Waals surface area contributed by atoms with Crippen LogP contribution in [0.15, 0.2) is 18.2 Å². The van der Waals surface area contributed by atoms with Gasteiger partial charge in [-0.3, -0.25) is 4.90 Å². The van der Waals surface area contributed by atoms with E-state index >= 15 is 0 Å². The minimum absolute atomic E-state index is 0.0533. The van der Waals surface area contributed by atoms with Crippen molar-refractivity contribution in [2.75, 3.05) is 20.2 Å². The highest BCUT2D eigenvalue weighted by Gasteiger charge is 2.15. The Kier molecular flexibility index (Phi) is 3.40. The van der Waals surface area contributed by atoms with Crippen molar-refractivity contribution in [3.8, 4) is 0 Å². The van der Waals surface area contributed by atoms with E-state index in [2.05, 4.69) is 9.97 Å². The molecule has 4 nitrogen and oxygen atoms in total. The van der Waals surface area contributed by atoms with Gasteiger partial charge in [0, 0.05) is 6.54 Å². The van der Waals surface area contributed by atoms with Crippen molar-refractivity contribution in [3.05, 3.63) is 29.8 Å². The molecule has 0 fully saturated rings. The van der Waals surface area contributed by atoms with E-state index in [-0.39, 0.29) is 18.5 Å². The Balaban J connectivity index is 2.29. The number of hydrogen-bond donors (Lipinski definition) is 2. The van der Waals surface area contributed by atoms with Gasteiger partial charge in [-0.1, -0.05) is 0 Å². The molecule has 2 N–H and O–H groups in total. The Morgan fingerprint density at radius 2 is 2.29 bits per heavy atom. The van der Waals surface area contributed by atoms with E-state index in [4.69, 9.17) is 5.11 Å². The predicted octanol–water partition coefficient (Wildman–Crippen LogP) is 1.69. The number of aliphatic hydroxyl groups is 1. The Bertz CT molecular complexity index is 511. The molecule has 0 aliphatic heterocycles. The van der Waals surface area contributed by atoms with Crippen LogP contribution in [0.2, 0.25) is 0 Å². The molecule has 5 heteroatoms. The third-order valence-corrected chi connectivity index (χ3v) is 2.97. The fourth-order valence-electron chi connectivity index (χ4n) is 1.76. The molecule has 1 aromatic heterocycles. The summed E-state index contributed by atoms with van der Waals surface area (Å²) in [6.45, 7) is 2.67. The first-order chi connectivity index (χ1) is 8.11. The molecule has 0 radical (unpaired) electrons. The van der Waals surface area contributed by atoms with E-state index < -0.39 is 0 Å². The highest BCUT2D eigenvalue weighted by molar-refractivity contribution is 5.75. The van der Waals surface area contributed by atoms with Crippen LogP contribution in [0.3, 0.4) is 0 Å². The lowest BCUT2D eigenvalue weighted by Crippen LogP contribution is -2.26. The van der Waals surface area contributed by atoms with Gasteiger partial charge in [-0.15, -0.1) is 0 Å². The van der Waals surface area contributed by atoms with Crippen LogP contribution in [0.4, 0.5) is 4.39 Å². The van der Waals surface area contributed by atoms with Crippen LogP contribution >= 0.6 is 0 Å². The predicted molar refractivity (Wildman–Crippen MR) is 64.2 cm³/mol. The molecule has 1 aromatic carbocycles. The number of imidazole rings is 1. The fraction of sp³-hybridized carbons (Fsp3) is 0.417. The summed E-state index contributed by atoms with van der Waals surface area (Å²) in [5.74, 6) is 0.505. The largest absolute Gasteiger partial charge is 0.395 e. The fourth-order valence-corrected chi connectivity index (χ4v) is 1.76. The van der Waals surface area contributed by atoms with Crippen molar-refractivity contribution in [2.24, 2.45) is 0 Å². The molecule has 2 rings (SSSR count). The van der Waals surface area contributed by atoms with Crippen molar-refractivity contribution in [3.63, 3.8) is 0 Å². The molecule has 17 heavy (non-hydrogen) atoms. The van der Waals surface area contributed by atoms with E-state index in [1.807, 2.05) is 18.9 Å². The number of hydrogen-bond acceptors (Lipinski definition) is 3. The molecule has 2 aromatic rings. The topological polar surface area (TPSA) is 52.2 Å². The number of halogens is 1. The Hall–Kier alpha value is -1.46. The molecule has 0 saturated heterocycles. The normalized spacial score (nSPS) is 13.5. The number of aromatic amines is 1. The van der Waals surface area contributed by atoms with Crippen molar-refractivity contribution in [2.45, 2.75) is 13.0 Å². The Morgan fingerprint density at radius 1 is 1.53 bits per heavy atom. The van der Waals surface area contributed by atoms with Crippen molar-refractivity contribution in [1.82, 2.24) is 14.9 Å². The molecule has 0 saturated carbocycles. The van der Waals surface area contributed by atoms with E-state index in [0.29, 0.717) is 12.1 Å². The highest BCUT2D eigenvalue weighted by Crippen LogP contribution is 2.20. The molecule has 92 valence electrons. The van der Waals surface area contributed by atoms with Gasteiger partial charge in [0.1, 0.15) is 11.6 Å². The number of likely N-dealkylation sites (N-methyl/N-ethyl adjacent to an activating group) is 1. The number of rotatable bonds is 4.